The molecule has 0 saturated carbocycles. The average Bonchev–Trinajstić information content (AvgIpc) is 3.39. The molecule has 2 aliphatic rings. The van der Waals surface area contributed by atoms with Crippen LogP contribution in [0, 0.1) is 17.1 Å². The second-order valence-corrected chi connectivity index (χ2v) is 8.55. The van der Waals surface area contributed by atoms with E-state index in [1.54, 1.807) is 24.3 Å². The first-order valence-electron chi connectivity index (χ1n) is 11.6. The highest BCUT2D eigenvalue weighted by Gasteiger charge is 2.34. The van der Waals surface area contributed by atoms with Gasteiger partial charge >= 0.3 is 12.0 Å². The molecule has 186 valence electrons. The third-order valence-electron chi connectivity index (χ3n) is 6.11. The van der Waals surface area contributed by atoms with Crippen molar-refractivity contribution < 1.29 is 28.2 Å². The summed E-state index contributed by atoms with van der Waals surface area (Å²) in [5, 5.41) is 14.9. The predicted molar refractivity (Wildman–Crippen MR) is 130 cm³/mol. The fourth-order valence-electron chi connectivity index (χ4n) is 4.27. The van der Waals surface area contributed by atoms with E-state index in [0.717, 1.165) is 5.56 Å². The van der Waals surface area contributed by atoms with Crippen molar-refractivity contribution in [1.29, 1.82) is 5.26 Å². The van der Waals surface area contributed by atoms with E-state index in [9.17, 15) is 19.2 Å². The van der Waals surface area contributed by atoms with Crippen LogP contribution in [0.1, 0.15) is 34.7 Å². The van der Waals surface area contributed by atoms with Gasteiger partial charge in [-0.25, -0.2) is 14.0 Å². The van der Waals surface area contributed by atoms with E-state index in [2.05, 4.69) is 16.7 Å². The van der Waals surface area contributed by atoms with Crippen LogP contribution >= 0.6 is 0 Å². The lowest BCUT2D eigenvalue weighted by molar-refractivity contribution is -0.140. The summed E-state index contributed by atoms with van der Waals surface area (Å²) in [7, 11) is 0. The second-order valence-electron chi connectivity index (χ2n) is 8.55. The molecule has 1 unspecified atom stereocenters. The molecule has 0 saturated heterocycles. The minimum Gasteiger partial charge on any atom is -0.457 e. The van der Waals surface area contributed by atoms with E-state index in [1.807, 2.05) is 18.2 Å². The Kier molecular flexibility index (Phi) is 6.72. The number of halogens is 1. The summed E-state index contributed by atoms with van der Waals surface area (Å²) in [6.07, 6.45) is 0.842. The molecule has 37 heavy (non-hydrogen) atoms. The summed E-state index contributed by atoms with van der Waals surface area (Å²) < 4.78 is 29.7. The number of ether oxygens (including phenoxy) is 3. The van der Waals surface area contributed by atoms with Crippen molar-refractivity contribution in [3.8, 4) is 17.6 Å². The number of carbonyl (C=O) groups is 2. The highest BCUT2D eigenvalue weighted by atomic mass is 19.1. The number of nitrogens with zero attached hydrogens (tertiary/aromatic N) is 1. The summed E-state index contributed by atoms with van der Waals surface area (Å²) in [6.45, 7) is 0.0934. The normalized spacial score (nSPS) is 16.0. The average molecular weight is 499 g/mol. The molecule has 2 aliphatic heterocycles. The zero-order chi connectivity index (χ0) is 25.8. The van der Waals surface area contributed by atoms with Gasteiger partial charge in [0.15, 0.2) is 11.5 Å². The van der Waals surface area contributed by atoms with Crippen LogP contribution in [0.2, 0.25) is 0 Å². The highest BCUT2D eigenvalue weighted by Crippen LogP contribution is 2.34. The van der Waals surface area contributed by atoms with Crippen LogP contribution in [0.3, 0.4) is 0 Å². The van der Waals surface area contributed by atoms with Crippen molar-refractivity contribution in [1.82, 2.24) is 10.6 Å². The molecular formula is C28H22FN3O5. The summed E-state index contributed by atoms with van der Waals surface area (Å²) in [4.78, 5) is 26.0. The van der Waals surface area contributed by atoms with E-state index in [1.165, 1.54) is 24.3 Å². The number of hydrogen-bond donors (Lipinski definition) is 2. The molecule has 0 fully saturated rings. The zero-order valence-electron chi connectivity index (χ0n) is 19.6. The molecule has 2 heterocycles. The van der Waals surface area contributed by atoms with E-state index in [-0.39, 0.29) is 24.8 Å². The minimum atomic E-state index is -0.825. The molecule has 0 bridgehead atoms. The molecule has 9 heteroatoms. The Morgan fingerprint density at radius 2 is 1.81 bits per heavy atom. The van der Waals surface area contributed by atoms with Gasteiger partial charge in [0.2, 0.25) is 6.79 Å². The molecule has 0 spiro atoms. The maximum absolute atomic E-state index is 13.4. The van der Waals surface area contributed by atoms with Crippen LogP contribution in [0.5, 0.6) is 11.5 Å². The number of benzene rings is 3. The van der Waals surface area contributed by atoms with E-state index in [0.29, 0.717) is 46.7 Å². The molecule has 2 N–H and O–H groups in total. The summed E-state index contributed by atoms with van der Waals surface area (Å²) in [5.41, 5.74) is 3.17. The number of esters is 1. The lowest BCUT2D eigenvalue weighted by atomic mass is 9.92. The van der Waals surface area contributed by atoms with Gasteiger partial charge in [0.1, 0.15) is 12.4 Å². The second kappa shape index (κ2) is 10.4. The quantitative estimate of drug-likeness (QED) is 0.466. The largest absolute Gasteiger partial charge is 0.457 e. The topological polar surface area (TPSA) is 110 Å². The highest BCUT2D eigenvalue weighted by molar-refractivity contribution is 5.95. The third-order valence-corrected chi connectivity index (χ3v) is 6.11. The Morgan fingerprint density at radius 3 is 2.62 bits per heavy atom. The Bertz CT molecular complexity index is 1430. The van der Waals surface area contributed by atoms with Crippen molar-refractivity contribution in [3.05, 3.63) is 106 Å². The van der Waals surface area contributed by atoms with Crippen LogP contribution in [0.25, 0.3) is 0 Å². The summed E-state index contributed by atoms with van der Waals surface area (Å²) in [5.74, 6) is 0.289. The third kappa shape index (κ3) is 5.38. The number of nitriles is 1. The maximum Gasteiger partial charge on any atom is 0.338 e. The maximum atomic E-state index is 13.4. The van der Waals surface area contributed by atoms with Gasteiger partial charge in [-0.3, -0.25) is 0 Å². The van der Waals surface area contributed by atoms with E-state index in [4.69, 9.17) is 14.2 Å². The zero-order valence-corrected chi connectivity index (χ0v) is 19.6. The fourth-order valence-corrected chi connectivity index (χ4v) is 4.27. The smallest absolute Gasteiger partial charge is 0.338 e. The van der Waals surface area contributed by atoms with Crippen molar-refractivity contribution in [2.24, 2.45) is 0 Å². The Morgan fingerprint density at radius 1 is 1.03 bits per heavy atom. The monoisotopic (exact) mass is 499 g/mol. The molecule has 1 atom stereocenters. The van der Waals surface area contributed by atoms with Gasteiger partial charge in [0.25, 0.3) is 0 Å². The van der Waals surface area contributed by atoms with Crippen LogP contribution in [0.4, 0.5) is 9.18 Å². The number of amides is 2. The number of urea groups is 1. The van der Waals surface area contributed by atoms with Gasteiger partial charge in [-0.1, -0.05) is 30.3 Å². The number of aryl methyl sites for hydroxylation is 1. The van der Waals surface area contributed by atoms with E-state index < -0.39 is 18.0 Å². The Balaban J connectivity index is 1.45. The Hall–Kier alpha value is -4.84. The van der Waals surface area contributed by atoms with Gasteiger partial charge in [-0.15, -0.1) is 0 Å². The first-order valence-corrected chi connectivity index (χ1v) is 11.6. The number of allylic oxidation sites excluding steroid dienone is 1. The Labute approximate surface area is 212 Å². The van der Waals surface area contributed by atoms with Gasteiger partial charge < -0.3 is 24.8 Å². The lowest BCUT2D eigenvalue weighted by Crippen LogP contribution is -2.46. The molecule has 5 rings (SSSR count). The lowest BCUT2D eigenvalue weighted by Gasteiger charge is -2.29. The van der Waals surface area contributed by atoms with Crippen LogP contribution in [0.15, 0.2) is 78.0 Å². The van der Waals surface area contributed by atoms with Crippen molar-refractivity contribution in [3.63, 3.8) is 0 Å². The van der Waals surface area contributed by atoms with Crippen LogP contribution in [-0.2, 0) is 22.6 Å². The molecule has 0 aromatic heterocycles. The number of hydrogen-bond acceptors (Lipinski definition) is 6. The number of nitrogens with one attached hydrogen (secondary N) is 2. The first kappa shape index (κ1) is 23.9. The summed E-state index contributed by atoms with van der Waals surface area (Å²) in [6, 6.07) is 18.7. The molecule has 3 aromatic rings. The van der Waals surface area contributed by atoms with Crippen LogP contribution < -0.4 is 20.1 Å². The molecule has 2 amide bonds. The van der Waals surface area contributed by atoms with Crippen LogP contribution in [-0.4, -0.2) is 18.8 Å². The fraction of sp³-hybridized carbons (Fsp3) is 0.179. The standard InChI is InChI=1S/C28H22FN3O5/c29-21-8-4-18(5-9-21)15-35-27(33)25-22(10-6-17-7-11-23-24(13-17)37-16-36-23)31-28(34)32-26(25)20-3-1-2-19(12-20)14-30/h1-5,7-9,11-13,26H,6,10,15-16H2,(H2,31,32,34). The molecule has 8 nitrogen and oxygen atoms in total. The molecule has 3 aromatic carbocycles. The molecule has 0 radical (unpaired) electrons. The SMILES string of the molecule is N#Cc1cccc(C2NC(=O)NC(CCc3ccc4c(c3)OCO4)=C2C(=O)OCc2ccc(F)cc2)c1. The van der Waals surface area contributed by atoms with E-state index >= 15 is 0 Å². The van der Waals surface area contributed by atoms with Gasteiger partial charge in [-0.2, -0.15) is 5.26 Å². The van der Waals surface area contributed by atoms with Crippen molar-refractivity contribution >= 4 is 12.0 Å². The predicted octanol–water partition coefficient (Wildman–Crippen LogP) is 4.41. The van der Waals surface area contributed by atoms with Crippen molar-refractivity contribution in [2.75, 3.05) is 6.79 Å². The number of fused-ring (bicyclic) bond motifs is 1. The van der Waals surface area contributed by atoms with Gasteiger partial charge in [-0.05, 0) is 65.9 Å². The minimum absolute atomic E-state index is 0.0725. The first-order chi connectivity index (χ1) is 18.0. The molecule has 0 aliphatic carbocycles. The summed E-state index contributed by atoms with van der Waals surface area (Å²) >= 11 is 0. The number of rotatable bonds is 7. The van der Waals surface area contributed by atoms with Gasteiger partial charge in [0, 0.05) is 5.70 Å². The van der Waals surface area contributed by atoms with Crippen molar-refractivity contribution in [2.45, 2.75) is 25.5 Å². The van der Waals surface area contributed by atoms with Gasteiger partial charge in [0.05, 0.1) is 23.2 Å². The number of carbonyl (C=O) groups excluding carboxylic acids is 2. The molecular weight excluding hydrogens is 477 g/mol.